The molecule has 0 radical (unpaired) electrons. The number of ether oxygens (including phenoxy) is 1. The third-order valence-electron chi connectivity index (χ3n) is 2.55. The van der Waals surface area contributed by atoms with Crippen molar-refractivity contribution < 1.29 is 19.5 Å². The van der Waals surface area contributed by atoms with Crippen LogP contribution in [0.3, 0.4) is 0 Å². The fourth-order valence-electron chi connectivity index (χ4n) is 1.52. The van der Waals surface area contributed by atoms with Crippen molar-refractivity contribution >= 4 is 6.09 Å². The van der Waals surface area contributed by atoms with E-state index in [0.29, 0.717) is 5.92 Å². The van der Waals surface area contributed by atoms with Gasteiger partial charge in [0.15, 0.2) is 0 Å². The Bertz CT molecular complexity index is 233. The maximum atomic E-state index is 11.3. The van der Waals surface area contributed by atoms with Gasteiger partial charge in [0.05, 0.1) is 6.61 Å². The van der Waals surface area contributed by atoms with Crippen LogP contribution in [0.5, 0.6) is 0 Å². The molecule has 0 aromatic carbocycles. The van der Waals surface area contributed by atoms with Crippen molar-refractivity contribution in [2.45, 2.75) is 51.7 Å². The summed E-state index contributed by atoms with van der Waals surface area (Å²) in [6.07, 6.45) is 2.31. The van der Waals surface area contributed by atoms with E-state index in [0.717, 1.165) is 19.3 Å². The van der Waals surface area contributed by atoms with Crippen LogP contribution in [0.1, 0.15) is 40.0 Å². The summed E-state index contributed by atoms with van der Waals surface area (Å²) >= 11 is 0. The van der Waals surface area contributed by atoms with Crippen molar-refractivity contribution in [3.05, 3.63) is 0 Å². The zero-order valence-corrected chi connectivity index (χ0v) is 10.2. The van der Waals surface area contributed by atoms with Gasteiger partial charge in [0, 0.05) is 0 Å². The first kappa shape index (κ1) is 13.3. The Labute approximate surface area is 96.1 Å². The molecule has 1 aliphatic rings. The van der Waals surface area contributed by atoms with E-state index in [1.165, 1.54) is 0 Å². The number of aliphatic hydroxyl groups excluding tert-OH is 1. The minimum atomic E-state index is -0.620. The highest BCUT2D eigenvalue weighted by Crippen LogP contribution is 2.30. The van der Waals surface area contributed by atoms with Crippen molar-refractivity contribution in [2.24, 2.45) is 5.92 Å². The summed E-state index contributed by atoms with van der Waals surface area (Å²) in [6, 6.07) is 0. The van der Waals surface area contributed by atoms with E-state index in [1.807, 2.05) is 0 Å². The molecule has 0 spiro atoms. The van der Waals surface area contributed by atoms with E-state index >= 15 is 0 Å². The van der Waals surface area contributed by atoms with E-state index in [2.05, 4.69) is 5.48 Å². The minimum absolute atomic E-state index is 0.0829. The van der Waals surface area contributed by atoms with Crippen LogP contribution in [0.25, 0.3) is 0 Å². The summed E-state index contributed by atoms with van der Waals surface area (Å²) in [6.45, 7) is 5.26. The third kappa shape index (κ3) is 4.37. The molecule has 1 saturated carbocycles. The summed E-state index contributed by atoms with van der Waals surface area (Å²) in [5.74, 6) is 0.347. The van der Waals surface area contributed by atoms with Crippen LogP contribution in [0.15, 0.2) is 0 Å². The summed E-state index contributed by atoms with van der Waals surface area (Å²) < 4.78 is 5.01. The SMILES string of the molecule is CC(C)(C)OC(=O)NOC(CO)C1CCC1. The molecule has 0 aromatic heterocycles. The minimum Gasteiger partial charge on any atom is -0.442 e. The van der Waals surface area contributed by atoms with E-state index in [-0.39, 0.29) is 12.7 Å². The first-order chi connectivity index (χ1) is 7.42. The van der Waals surface area contributed by atoms with Crippen molar-refractivity contribution in [3.63, 3.8) is 0 Å². The lowest BCUT2D eigenvalue weighted by atomic mass is 9.81. The van der Waals surface area contributed by atoms with Gasteiger partial charge in [-0.3, -0.25) is 4.84 Å². The Morgan fingerprint density at radius 3 is 2.50 bits per heavy atom. The average molecular weight is 231 g/mol. The molecule has 1 aliphatic carbocycles. The van der Waals surface area contributed by atoms with Gasteiger partial charge in [0.1, 0.15) is 11.7 Å². The third-order valence-corrected chi connectivity index (χ3v) is 2.55. The van der Waals surface area contributed by atoms with E-state index in [1.54, 1.807) is 20.8 Å². The van der Waals surface area contributed by atoms with Crippen LogP contribution >= 0.6 is 0 Å². The molecule has 16 heavy (non-hydrogen) atoms. The maximum absolute atomic E-state index is 11.3. The molecule has 0 bridgehead atoms. The normalized spacial score (nSPS) is 18.8. The van der Waals surface area contributed by atoms with E-state index < -0.39 is 11.7 Å². The molecule has 94 valence electrons. The van der Waals surface area contributed by atoms with Gasteiger partial charge < -0.3 is 9.84 Å². The molecule has 1 unspecified atom stereocenters. The van der Waals surface area contributed by atoms with Gasteiger partial charge in [-0.25, -0.2) is 4.79 Å². The molecule has 0 aromatic rings. The van der Waals surface area contributed by atoms with Crippen molar-refractivity contribution in [1.29, 1.82) is 0 Å². The predicted octanol–water partition coefficient (Wildman–Crippen LogP) is 1.60. The van der Waals surface area contributed by atoms with Crippen LogP contribution in [-0.4, -0.2) is 29.5 Å². The van der Waals surface area contributed by atoms with Gasteiger partial charge in [-0.15, -0.1) is 0 Å². The number of aliphatic hydroxyl groups is 1. The smallest absolute Gasteiger partial charge is 0.431 e. The van der Waals surface area contributed by atoms with Gasteiger partial charge in [0.2, 0.25) is 0 Å². The molecule has 0 heterocycles. The Morgan fingerprint density at radius 2 is 2.12 bits per heavy atom. The van der Waals surface area contributed by atoms with Gasteiger partial charge in [-0.1, -0.05) is 6.42 Å². The highest BCUT2D eigenvalue weighted by Gasteiger charge is 2.28. The van der Waals surface area contributed by atoms with E-state index in [4.69, 9.17) is 14.7 Å². The molecular weight excluding hydrogens is 210 g/mol. The molecule has 0 saturated heterocycles. The second-order valence-corrected chi connectivity index (χ2v) is 5.13. The Kier molecular flexibility index (Phi) is 4.56. The largest absolute Gasteiger partial charge is 0.442 e. The molecule has 5 nitrogen and oxygen atoms in total. The topological polar surface area (TPSA) is 67.8 Å². The monoisotopic (exact) mass is 231 g/mol. The van der Waals surface area contributed by atoms with Gasteiger partial charge in [-0.2, -0.15) is 5.48 Å². The van der Waals surface area contributed by atoms with Crippen LogP contribution in [0.2, 0.25) is 0 Å². The number of hydrogen-bond acceptors (Lipinski definition) is 4. The molecule has 1 fully saturated rings. The molecule has 1 rings (SSSR count). The fraction of sp³-hybridized carbons (Fsp3) is 0.909. The number of carbonyl (C=O) groups is 1. The number of hydroxylamine groups is 1. The second-order valence-electron chi connectivity index (χ2n) is 5.13. The Balaban J connectivity index is 2.23. The number of hydrogen-bond donors (Lipinski definition) is 2. The highest BCUT2D eigenvalue weighted by atomic mass is 16.7. The van der Waals surface area contributed by atoms with Crippen LogP contribution < -0.4 is 5.48 Å². The Morgan fingerprint density at radius 1 is 1.50 bits per heavy atom. The van der Waals surface area contributed by atoms with Crippen LogP contribution in [-0.2, 0) is 9.57 Å². The molecule has 1 amide bonds. The first-order valence-corrected chi connectivity index (χ1v) is 5.68. The summed E-state index contributed by atoms with van der Waals surface area (Å²) in [7, 11) is 0. The standard InChI is InChI=1S/C11H21NO4/c1-11(2,3)15-10(14)12-16-9(7-13)8-5-4-6-8/h8-9,13H,4-7H2,1-3H3,(H,12,14). The van der Waals surface area contributed by atoms with Crippen molar-refractivity contribution in [1.82, 2.24) is 5.48 Å². The number of nitrogens with one attached hydrogen (secondary N) is 1. The van der Waals surface area contributed by atoms with E-state index in [9.17, 15) is 4.79 Å². The van der Waals surface area contributed by atoms with Gasteiger partial charge >= 0.3 is 6.09 Å². The Hall–Kier alpha value is -0.810. The summed E-state index contributed by atoms with van der Waals surface area (Å²) in [5, 5.41) is 9.09. The summed E-state index contributed by atoms with van der Waals surface area (Å²) in [5.41, 5.74) is 1.68. The van der Waals surface area contributed by atoms with Crippen molar-refractivity contribution in [2.75, 3.05) is 6.61 Å². The van der Waals surface area contributed by atoms with Crippen molar-refractivity contribution in [3.8, 4) is 0 Å². The number of amides is 1. The fourth-order valence-corrected chi connectivity index (χ4v) is 1.52. The molecule has 5 heteroatoms. The first-order valence-electron chi connectivity index (χ1n) is 5.68. The quantitative estimate of drug-likeness (QED) is 0.721. The lowest BCUT2D eigenvalue weighted by molar-refractivity contribution is -0.0953. The molecule has 0 aliphatic heterocycles. The number of rotatable bonds is 4. The molecule has 2 N–H and O–H groups in total. The van der Waals surface area contributed by atoms with Gasteiger partial charge in [0.25, 0.3) is 0 Å². The van der Waals surface area contributed by atoms with Crippen LogP contribution in [0.4, 0.5) is 4.79 Å². The predicted molar refractivity (Wildman–Crippen MR) is 58.7 cm³/mol. The zero-order chi connectivity index (χ0) is 12.2. The van der Waals surface area contributed by atoms with Gasteiger partial charge in [-0.05, 0) is 39.5 Å². The van der Waals surface area contributed by atoms with Crippen LogP contribution in [0, 0.1) is 5.92 Å². The zero-order valence-electron chi connectivity index (χ0n) is 10.2. The molecule has 1 atom stereocenters. The maximum Gasteiger partial charge on any atom is 0.431 e. The summed E-state index contributed by atoms with van der Waals surface area (Å²) in [4.78, 5) is 16.4. The second kappa shape index (κ2) is 5.50. The number of carbonyl (C=O) groups excluding carboxylic acids is 1. The lowest BCUT2D eigenvalue weighted by Gasteiger charge is -2.32. The highest BCUT2D eigenvalue weighted by molar-refractivity contribution is 5.66. The lowest BCUT2D eigenvalue weighted by Crippen LogP contribution is -2.40. The average Bonchev–Trinajstić information content (AvgIpc) is 2.05. The molecular formula is C11H21NO4.